The van der Waals surface area contributed by atoms with Gasteiger partial charge in [-0.1, -0.05) is 37.3 Å². The zero-order valence-corrected chi connectivity index (χ0v) is 14.7. The number of hydrogen-bond acceptors (Lipinski definition) is 3. The van der Waals surface area contributed by atoms with Crippen LogP contribution in [0.3, 0.4) is 0 Å². The topological polar surface area (TPSA) is 56.0 Å². The van der Waals surface area contributed by atoms with E-state index >= 15 is 0 Å². The van der Waals surface area contributed by atoms with Crippen molar-refractivity contribution < 1.29 is 4.79 Å². The maximum Gasteiger partial charge on any atom is 0.251 e. The quantitative estimate of drug-likeness (QED) is 0.749. The van der Waals surface area contributed by atoms with Crippen LogP contribution in [0.5, 0.6) is 0 Å². The van der Waals surface area contributed by atoms with Crippen LogP contribution in [0.4, 0.5) is 0 Å². The van der Waals surface area contributed by atoms with Gasteiger partial charge in [-0.2, -0.15) is 0 Å². The van der Waals surface area contributed by atoms with Crippen molar-refractivity contribution in [1.29, 1.82) is 0 Å². The highest BCUT2D eigenvalue weighted by atomic mass is 32.1. The van der Waals surface area contributed by atoms with Gasteiger partial charge in [-0.25, -0.2) is 4.98 Å². The van der Waals surface area contributed by atoms with Gasteiger partial charge in [0.1, 0.15) is 4.83 Å². The number of aromatic nitrogens is 1. The summed E-state index contributed by atoms with van der Waals surface area (Å²) in [6.07, 6.45) is 3.35. The predicted octanol–water partition coefficient (Wildman–Crippen LogP) is 4.50. The van der Waals surface area contributed by atoms with E-state index < -0.39 is 5.91 Å². The molecular formula is C20H20N2OS. The molecule has 0 spiro atoms. The zero-order valence-electron chi connectivity index (χ0n) is 13.9. The number of carbonyl (C=O) groups excluding carboxylic acids is 1. The summed E-state index contributed by atoms with van der Waals surface area (Å²) in [6, 6.07) is 10.1. The maximum atomic E-state index is 12.2. The highest BCUT2D eigenvalue weighted by molar-refractivity contribution is 7.19. The van der Waals surface area contributed by atoms with Gasteiger partial charge < -0.3 is 5.73 Å². The molecule has 1 aromatic carbocycles. The van der Waals surface area contributed by atoms with Crippen molar-refractivity contribution in [2.75, 3.05) is 0 Å². The van der Waals surface area contributed by atoms with Gasteiger partial charge in [-0.3, -0.25) is 4.79 Å². The van der Waals surface area contributed by atoms with Gasteiger partial charge in [-0.15, -0.1) is 11.3 Å². The van der Waals surface area contributed by atoms with Crippen molar-refractivity contribution in [1.82, 2.24) is 4.98 Å². The first kappa shape index (κ1) is 15.3. The molecule has 24 heavy (non-hydrogen) atoms. The Labute approximate surface area is 145 Å². The summed E-state index contributed by atoms with van der Waals surface area (Å²) in [6.45, 7) is 4.19. The number of hydrogen-bond donors (Lipinski definition) is 1. The van der Waals surface area contributed by atoms with Gasteiger partial charge in [-0.05, 0) is 43.2 Å². The molecule has 2 heterocycles. The highest BCUT2D eigenvalue weighted by Gasteiger charge is 2.26. The van der Waals surface area contributed by atoms with E-state index in [1.165, 1.54) is 16.9 Å². The van der Waals surface area contributed by atoms with Crippen molar-refractivity contribution >= 4 is 27.5 Å². The summed E-state index contributed by atoms with van der Waals surface area (Å²) in [4.78, 5) is 19.4. The fourth-order valence-corrected chi connectivity index (χ4v) is 5.22. The summed E-state index contributed by atoms with van der Waals surface area (Å²) in [5.41, 5.74) is 10.4. The van der Waals surface area contributed by atoms with Crippen LogP contribution in [0.1, 0.15) is 39.8 Å². The van der Waals surface area contributed by atoms with E-state index in [0.717, 1.165) is 39.9 Å². The average molecular weight is 336 g/mol. The number of primary amides is 1. The fourth-order valence-electron chi connectivity index (χ4n) is 3.78. The largest absolute Gasteiger partial charge is 0.366 e. The number of carbonyl (C=O) groups is 1. The third-order valence-corrected chi connectivity index (χ3v) is 6.08. The highest BCUT2D eigenvalue weighted by Crippen LogP contribution is 2.43. The molecule has 0 aliphatic heterocycles. The summed E-state index contributed by atoms with van der Waals surface area (Å²) in [7, 11) is 0. The van der Waals surface area contributed by atoms with Crippen molar-refractivity contribution in [3.8, 4) is 11.1 Å². The van der Waals surface area contributed by atoms with E-state index in [1.807, 2.05) is 25.1 Å². The zero-order chi connectivity index (χ0) is 16.8. The molecule has 4 rings (SSSR count). The molecule has 1 amide bonds. The van der Waals surface area contributed by atoms with Crippen molar-refractivity contribution in [3.05, 3.63) is 52.0 Å². The van der Waals surface area contributed by atoms with Crippen molar-refractivity contribution in [3.63, 3.8) is 0 Å². The van der Waals surface area contributed by atoms with Gasteiger partial charge in [0, 0.05) is 15.8 Å². The summed E-state index contributed by atoms with van der Waals surface area (Å²) in [5.74, 6) is 0.312. The molecule has 1 aliphatic carbocycles. The number of amides is 1. The lowest BCUT2D eigenvalue weighted by atomic mass is 9.86. The molecule has 122 valence electrons. The van der Waals surface area contributed by atoms with Crippen LogP contribution in [0, 0.1) is 12.8 Å². The van der Waals surface area contributed by atoms with E-state index in [9.17, 15) is 4.79 Å². The molecule has 0 saturated heterocycles. The molecule has 0 radical (unpaired) electrons. The minimum absolute atomic E-state index is 0.398. The first-order chi connectivity index (χ1) is 11.6. The third-order valence-electron chi connectivity index (χ3n) is 4.93. The lowest BCUT2D eigenvalue weighted by molar-refractivity contribution is 0.1000. The Kier molecular flexibility index (Phi) is 3.65. The summed E-state index contributed by atoms with van der Waals surface area (Å²) < 4.78 is 0. The SMILES string of the molecule is Cc1nc2sc3c(c2c(-c2ccccc2)c1C(N)=O)CCC(C)C3. The molecule has 1 unspecified atom stereocenters. The first-order valence-electron chi connectivity index (χ1n) is 8.36. The molecule has 2 N–H and O–H groups in total. The van der Waals surface area contributed by atoms with E-state index in [-0.39, 0.29) is 0 Å². The third kappa shape index (κ3) is 2.33. The number of nitrogens with two attached hydrogens (primary N) is 1. The molecule has 4 heteroatoms. The number of benzene rings is 1. The molecule has 0 saturated carbocycles. The number of rotatable bonds is 2. The lowest BCUT2D eigenvalue weighted by Crippen LogP contribution is -2.16. The Hall–Kier alpha value is -2.20. The van der Waals surface area contributed by atoms with E-state index in [4.69, 9.17) is 10.7 Å². The Balaban J connectivity index is 2.13. The summed E-state index contributed by atoms with van der Waals surface area (Å²) in [5, 5.41) is 1.15. The molecule has 3 aromatic rings. The van der Waals surface area contributed by atoms with Crippen molar-refractivity contribution in [2.45, 2.75) is 33.1 Å². The fraction of sp³-hybridized carbons (Fsp3) is 0.300. The molecular weight excluding hydrogens is 316 g/mol. The van der Waals surface area contributed by atoms with Crippen LogP contribution >= 0.6 is 11.3 Å². The van der Waals surface area contributed by atoms with Gasteiger partial charge in [0.15, 0.2) is 0 Å². The smallest absolute Gasteiger partial charge is 0.251 e. The minimum Gasteiger partial charge on any atom is -0.366 e. The second kappa shape index (κ2) is 5.71. The van der Waals surface area contributed by atoms with Crippen LogP contribution in [-0.4, -0.2) is 10.9 Å². The first-order valence-corrected chi connectivity index (χ1v) is 9.18. The number of aryl methyl sites for hydroxylation is 2. The van der Waals surface area contributed by atoms with E-state index in [0.29, 0.717) is 11.5 Å². The van der Waals surface area contributed by atoms with Crippen LogP contribution in [-0.2, 0) is 12.8 Å². The minimum atomic E-state index is -0.398. The monoisotopic (exact) mass is 336 g/mol. The molecule has 2 aromatic heterocycles. The maximum absolute atomic E-state index is 12.2. The Bertz CT molecular complexity index is 943. The van der Waals surface area contributed by atoms with Gasteiger partial charge >= 0.3 is 0 Å². The Morgan fingerprint density at radius 1 is 1.29 bits per heavy atom. The second-order valence-corrected chi connectivity index (χ2v) is 7.79. The molecule has 3 nitrogen and oxygen atoms in total. The van der Waals surface area contributed by atoms with E-state index in [1.54, 1.807) is 11.3 Å². The van der Waals surface area contributed by atoms with Gasteiger partial charge in [0.2, 0.25) is 0 Å². The van der Waals surface area contributed by atoms with Crippen molar-refractivity contribution in [2.24, 2.45) is 11.7 Å². The molecule has 1 aliphatic rings. The van der Waals surface area contributed by atoms with Crippen LogP contribution in [0.2, 0.25) is 0 Å². The number of pyridine rings is 1. The van der Waals surface area contributed by atoms with Crippen LogP contribution in [0.15, 0.2) is 30.3 Å². The molecule has 0 fully saturated rings. The standard InChI is InChI=1S/C20H20N2OS/c1-11-8-9-14-15(10-11)24-20-18(14)17(13-6-4-3-5-7-13)16(19(21)23)12(2)22-20/h3-7,11H,8-10H2,1-2H3,(H2,21,23). The average Bonchev–Trinajstić information content (AvgIpc) is 2.90. The summed E-state index contributed by atoms with van der Waals surface area (Å²) >= 11 is 1.78. The normalized spacial score (nSPS) is 17.0. The number of fused-ring (bicyclic) bond motifs is 3. The predicted molar refractivity (Wildman–Crippen MR) is 99.5 cm³/mol. The van der Waals surface area contributed by atoms with Crippen LogP contribution < -0.4 is 5.73 Å². The Morgan fingerprint density at radius 3 is 2.75 bits per heavy atom. The Morgan fingerprint density at radius 2 is 2.04 bits per heavy atom. The van der Waals surface area contributed by atoms with Gasteiger partial charge in [0.05, 0.1) is 11.3 Å². The molecule has 0 bridgehead atoms. The van der Waals surface area contributed by atoms with Gasteiger partial charge in [0.25, 0.3) is 5.91 Å². The number of nitrogens with zero attached hydrogens (tertiary/aromatic N) is 1. The molecule has 1 atom stereocenters. The number of thiophene rings is 1. The second-order valence-electron chi connectivity index (χ2n) is 6.71. The lowest BCUT2D eigenvalue weighted by Gasteiger charge is -2.19. The van der Waals surface area contributed by atoms with E-state index in [2.05, 4.69) is 19.1 Å². The van der Waals surface area contributed by atoms with Crippen LogP contribution in [0.25, 0.3) is 21.3 Å².